The SMILES string of the molecule is CC1C=CC=NC1C.CC1C=CC=NC1C.CC1C=CN=CC1C.CC1C=CN=CC1C.CC1C=CSC1C.CC1C=CSC1C.Cc1cscc1C. The number of nitrogens with zero attached hydrogens (tertiary/aromatic N) is 4. The molecule has 0 N–H and O–H groups in total. The Bertz CT molecular complexity index is 1190. The third kappa shape index (κ3) is 21.9. The molecule has 4 nitrogen and oxygen atoms in total. The van der Waals surface area contributed by atoms with Crippen LogP contribution >= 0.6 is 34.9 Å². The molecular formula is C46H72N4S3. The topological polar surface area (TPSA) is 49.4 Å². The summed E-state index contributed by atoms with van der Waals surface area (Å²) in [4.78, 5) is 16.4. The van der Waals surface area contributed by atoms with Crippen molar-refractivity contribution in [1.82, 2.24) is 0 Å². The average molecular weight is 777 g/mol. The predicted octanol–water partition coefficient (Wildman–Crippen LogP) is 13.9. The van der Waals surface area contributed by atoms with Gasteiger partial charge in [0.05, 0.1) is 12.1 Å². The molecule has 12 atom stereocenters. The van der Waals surface area contributed by atoms with E-state index in [4.69, 9.17) is 0 Å². The van der Waals surface area contributed by atoms with Gasteiger partial charge < -0.3 is 0 Å². The van der Waals surface area contributed by atoms with Crippen molar-refractivity contribution in [1.29, 1.82) is 0 Å². The first kappa shape index (κ1) is 48.5. The maximum Gasteiger partial charge on any atom is 0.0531 e. The number of thiophene rings is 1. The van der Waals surface area contributed by atoms with Crippen molar-refractivity contribution in [3.05, 3.63) is 93.7 Å². The second-order valence-corrected chi connectivity index (χ2v) is 18.4. The molecule has 7 heterocycles. The number of hydrogen-bond acceptors (Lipinski definition) is 7. The highest BCUT2D eigenvalue weighted by Gasteiger charge is 2.13. The second-order valence-electron chi connectivity index (χ2n) is 15.1. The highest BCUT2D eigenvalue weighted by Crippen LogP contribution is 2.28. The molecule has 0 bridgehead atoms. The van der Waals surface area contributed by atoms with Crippen molar-refractivity contribution in [2.75, 3.05) is 0 Å². The Balaban J connectivity index is 0.000000309. The first-order chi connectivity index (χ1) is 25.1. The minimum Gasteiger partial charge on any atom is -0.290 e. The quantitative estimate of drug-likeness (QED) is 0.263. The smallest absolute Gasteiger partial charge is 0.0531 e. The van der Waals surface area contributed by atoms with E-state index >= 15 is 0 Å². The van der Waals surface area contributed by atoms with Crippen molar-refractivity contribution in [3.8, 4) is 0 Å². The molecule has 1 aromatic heterocycles. The van der Waals surface area contributed by atoms with E-state index in [9.17, 15) is 0 Å². The van der Waals surface area contributed by atoms with E-state index < -0.39 is 0 Å². The van der Waals surface area contributed by atoms with Crippen molar-refractivity contribution >= 4 is 59.7 Å². The van der Waals surface area contributed by atoms with Crippen LogP contribution in [0.15, 0.2) is 103 Å². The molecule has 1 aromatic rings. The maximum atomic E-state index is 4.20. The summed E-state index contributed by atoms with van der Waals surface area (Å²) in [6.07, 6.45) is 28.6. The van der Waals surface area contributed by atoms with Gasteiger partial charge in [-0.15, -0.1) is 23.5 Å². The lowest BCUT2D eigenvalue weighted by Crippen LogP contribution is -2.11. The van der Waals surface area contributed by atoms with E-state index in [-0.39, 0.29) is 0 Å². The molecule has 0 spiro atoms. The Morgan fingerprint density at radius 3 is 0.962 bits per heavy atom. The number of aliphatic imine (C=N–C) groups is 4. The highest BCUT2D eigenvalue weighted by atomic mass is 32.2. The molecule has 0 saturated heterocycles. The monoisotopic (exact) mass is 776 g/mol. The van der Waals surface area contributed by atoms with E-state index in [1.807, 2.05) is 72.9 Å². The fourth-order valence-electron chi connectivity index (χ4n) is 4.35. The molecule has 0 aromatic carbocycles. The number of rotatable bonds is 0. The molecule has 0 aliphatic carbocycles. The molecule has 53 heavy (non-hydrogen) atoms. The average Bonchev–Trinajstić information content (AvgIpc) is 3.84. The summed E-state index contributed by atoms with van der Waals surface area (Å²) in [5.41, 5.74) is 2.81. The van der Waals surface area contributed by atoms with Crippen LogP contribution in [0.5, 0.6) is 0 Å². The van der Waals surface area contributed by atoms with Crippen LogP contribution in [0.3, 0.4) is 0 Å². The number of aryl methyl sites for hydroxylation is 2. The van der Waals surface area contributed by atoms with Gasteiger partial charge in [-0.05, 0) is 120 Å². The van der Waals surface area contributed by atoms with Crippen LogP contribution in [0.25, 0.3) is 0 Å². The van der Waals surface area contributed by atoms with Gasteiger partial charge >= 0.3 is 0 Å². The largest absolute Gasteiger partial charge is 0.290 e. The third-order valence-electron chi connectivity index (χ3n) is 10.4. The van der Waals surface area contributed by atoms with Gasteiger partial charge in [-0.1, -0.05) is 106 Å². The van der Waals surface area contributed by atoms with Gasteiger partial charge in [0.15, 0.2) is 0 Å². The highest BCUT2D eigenvalue weighted by molar-refractivity contribution is 8.03. The summed E-state index contributed by atoms with van der Waals surface area (Å²) in [6.45, 7) is 30.7. The zero-order valence-corrected chi connectivity index (χ0v) is 37.8. The molecule has 12 unspecified atom stereocenters. The lowest BCUT2D eigenvalue weighted by molar-refractivity contribution is 0.581. The summed E-state index contributed by atoms with van der Waals surface area (Å²) in [5, 5.41) is 10.3. The number of dihydropyridines is 2. The minimum absolute atomic E-state index is 0.486. The molecule has 0 radical (unpaired) electrons. The van der Waals surface area contributed by atoms with Crippen LogP contribution in [-0.2, 0) is 0 Å². The molecular weight excluding hydrogens is 705 g/mol. The Labute approximate surface area is 338 Å². The Kier molecular flexibility index (Phi) is 25.6. The van der Waals surface area contributed by atoms with Gasteiger partial charge in [-0.3, -0.25) is 20.0 Å². The molecule has 294 valence electrons. The second kappa shape index (κ2) is 28.0. The molecule has 7 rings (SSSR count). The van der Waals surface area contributed by atoms with E-state index in [0.29, 0.717) is 47.6 Å². The van der Waals surface area contributed by atoms with Crippen molar-refractivity contribution in [2.24, 2.45) is 67.3 Å². The summed E-state index contributed by atoms with van der Waals surface area (Å²) in [7, 11) is 0. The first-order valence-electron chi connectivity index (χ1n) is 19.6. The molecule has 0 amide bonds. The van der Waals surface area contributed by atoms with Crippen molar-refractivity contribution in [3.63, 3.8) is 0 Å². The van der Waals surface area contributed by atoms with Crippen LogP contribution in [0, 0.1) is 61.2 Å². The van der Waals surface area contributed by atoms with Crippen molar-refractivity contribution < 1.29 is 0 Å². The number of allylic oxidation sites excluding steroid dienone is 6. The molecule has 0 saturated carbocycles. The third-order valence-corrected chi connectivity index (χ3v) is 13.7. The van der Waals surface area contributed by atoms with Crippen LogP contribution in [0.2, 0.25) is 0 Å². The van der Waals surface area contributed by atoms with Crippen molar-refractivity contribution in [2.45, 2.75) is 120 Å². The lowest BCUT2D eigenvalue weighted by Gasteiger charge is -2.13. The number of thioether (sulfide) groups is 2. The fourth-order valence-corrected chi connectivity index (χ4v) is 7.05. The summed E-state index contributed by atoms with van der Waals surface area (Å²) in [5.74, 6) is 5.44. The Morgan fingerprint density at radius 2 is 0.811 bits per heavy atom. The Hall–Kier alpha value is -2.48. The standard InChI is InChI=1S/4C7H11N.C6H8S.2C6H10S/c2*1-6-3-4-8-5-7(6)2;2*1-6-4-3-5-8-7(6)2;1-5-3-7-4-6(5)2;2*1-5-3-4-7-6(5)2/h4*3-7H,1-2H3;3-4H,1-2H3;2*3-6H,1-2H3. The van der Waals surface area contributed by atoms with Crippen LogP contribution < -0.4 is 0 Å². The van der Waals surface area contributed by atoms with Gasteiger partial charge in [-0.25, -0.2) is 0 Å². The van der Waals surface area contributed by atoms with Gasteiger partial charge in [0.25, 0.3) is 0 Å². The van der Waals surface area contributed by atoms with E-state index in [1.54, 1.807) is 11.3 Å². The number of hydrogen-bond donors (Lipinski definition) is 0. The van der Waals surface area contributed by atoms with E-state index in [0.717, 1.165) is 22.3 Å². The Morgan fingerprint density at radius 1 is 0.434 bits per heavy atom. The first-order valence-corrected chi connectivity index (χ1v) is 22.4. The van der Waals surface area contributed by atoms with Gasteiger partial charge in [0, 0.05) is 47.8 Å². The van der Waals surface area contributed by atoms with E-state index in [2.05, 4.69) is 175 Å². The zero-order chi connectivity index (χ0) is 39.8. The fraction of sp³-hybridized carbons (Fsp3) is 0.565. The molecule has 7 heteroatoms. The van der Waals surface area contributed by atoms with Gasteiger partial charge in [-0.2, -0.15) is 11.3 Å². The minimum atomic E-state index is 0.486. The maximum absolute atomic E-state index is 4.20. The lowest BCUT2D eigenvalue weighted by atomic mass is 9.96. The molecule has 0 fully saturated rings. The molecule has 6 aliphatic heterocycles. The van der Waals surface area contributed by atoms with Gasteiger partial charge in [0.2, 0.25) is 0 Å². The van der Waals surface area contributed by atoms with Gasteiger partial charge in [0.1, 0.15) is 0 Å². The zero-order valence-electron chi connectivity index (χ0n) is 35.3. The molecule has 6 aliphatic rings. The van der Waals surface area contributed by atoms with Crippen LogP contribution in [0.4, 0.5) is 0 Å². The van der Waals surface area contributed by atoms with Crippen LogP contribution in [-0.4, -0.2) is 47.4 Å². The normalized spacial score (nSPS) is 33.3. The predicted molar refractivity (Wildman–Crippen MR) is 249 cm³/mol. The summed E-state index contributed by atoms with van der Waals surface area (Å²) < 4.78 is 0. The van der Waals surface area contributed by atoms with Crippen LogP contribution in [0.1, 0.15) is 94.2 Å². The van der Waals surface area contributed by atoms with E-state index in [1.165, 1.54) is 11.1 Å². The summed E-state index contributed by atoms with van der Waals surface area (Å²) >= 11 is 5.62. The summed E-state index contributed by atoms with van der Waals surface area (Å²) in [6, 6.07) is 0.972.